The number of para-hydroxylation sites is 1. The van der Waals surface area contributed by atoms with Crippen LogP contribution in [0.15, 0.2) is 73.2 Å². The third kappa shape index (κ3) is 6.95. The second kappa shape index (κ2) is 12.2. The van der Waals surface area contributed by atoms with Gasteiger partial charge in [0, 0.05) is 60.7 Å². The maximum absolute atomic E-state index is 13.6. The molecule has 3 heterocycles. The van der Waals surface area contributed by atoms with E-state index in [2.05, 4.69) is 14.9 Å². The van der Waals surface area contributed by atoms with Crippen LogP contribution in [-0.4, -0.2) is 57.9 Å². The molecule has 1 N–H and O–H groups in total. The third-order valence-corrected chi connectivity index (χ3v) is 7.71. The normalized spacial score (nSPS) is 16.7. The van der Waals surface area contributed by atoms with Crippen molar-refractivity contribution >= 4 is 16.8 Å². The molecule has 5 rings (SSSR count). The highest BCUT2D eigenvalue weighted by molar-refractivity contribution is 5.95. The number of unbranched alkanes of at least 4 members (excludes halogenated alkanes) is 1. The van der Waals surface area contributed by atoms with E-state index in [4.69, 9.17) is 0 Å². The lowest BCUT2D eigenvalue weighted by atomic mass is 9.98. The van der Waals surface area contributed by atoms with Crippen molar-refractivity contribution in [1.82, 2.24) is 19.8 Å². The van der Waals surface area contributed by atoms with Crippen molar-refractivity contribution < 1.29 is 31.1 Å². The molecular weight excluding hydrogens is 558 g/mol. The summed E-state index contributed by atoms with van der Waals surface area (Å²) in [5, 5.41) is 0.955. The molecule has 1 amide bonds. The van der Waals surface area contributed by atoms with Crippen LogP contribution in [0, 0.1) is 0 Å². The van der Waals surface area contributed by atoms with E-state index in [-0.39, 0.29) is 12.6 Å². The van der Waals surface area contributed by atoms with E-state index >= 15 is 0 Å². The minimum atomic E-state index is -5.03. The van der Waals surface area contributed by atoms with Crippen molar-refractivity contribution in [1.29, 1.82) is 0 Å². The van der Waals surface area contributed by atoms with Gasteiger partial charge in [-0.05, 0) is 73.7 Å². The molecule has 4 aromatic rings. The Kier molecular flexibility index (Phi) is 8.58. The van der Waals surface area contributed by atoms with E-state index in [0.29, 0.717) is 31.6 Å². The van der Waals surface area contributed by atoms with Crippen LogP contribution in [-0.2, 0) is 25.2 Å². The third-order valence-electron chi connectivity index (χ3n) is 7.71. The summed E-state index contributed by atoms with van der Waals surface area (Å²) in [5.74, 6) is -0.840. The van der Waals surface area contributed by atoms with Gasteiger partial charge in [-0.2, -0.15) is 26.3 Å². The Balaban J connectivity index is 1.38. The van der Waals surface area contributed by atoms with Crippen LogP contribution in [0.5, 0.6) is 0 Å². The Hall–Kier alpha value is -3.86. The number of hydrogen-bond acceptors (Lipinski definition) is 3. The van der Waals surface area contributed by atoms with Crippen LogP contribution >= 0.6 is 0 Å². The van der Waals surface area contributed by atoms with Crippen molar-refractivity contribution in [3.05, 3.63) is 101 Å². The van der Waals surface area contributed by atoms with Crippen molar-refractivity contribution in [3.63, 3.8) is 0 Å². The van der Waals surface area contributed by atoms with Gasteiger partial charge in [0.25, 0.3) is 5.91 Å². The summed E-state index contributed by atoms with van der Waals surface area (Å²) in [6.45, 7) is 1.86. The predicted octanol–water partition coefficient (Wildman–Crippen LogP) is 6.99. The average Bonchev–Trinajstić information content (AvgIpc) is 3.37. The van der Waals surface area contributed by atoms with Crippen LogP contribution in [0.1, 0.15) is 45.5 Å². The van der Waals surface area contributed by atoms with Crippen molar-refractivity contribution in [3.8, 4) is 0 Å². The van der Waals surface area contributed by atoms with Crippen molar-refractivity contribution in [2.75, 3.05) is 26.2 Å². The maximum atomic E-state index is 13.6. The largest absolute Gasteiger partial charge is 0.416 e. The number of carbonyl (C=O) groups is 1. The number of halogens is 6. The first-order valence-corrected chi connectivity index (χ1v) is 13.8. The minimum Gasteiger partial charge on any atom is -0.361 e. The number of pyridine rings is 1. The number of carbonyl (C=O) groups excluding carboxylic acids is 1. The lowest BCUT2D eigenvalue weighted by Crippen LogP contribution is -2.56. The van der Waals surface area contributed by atoms with Crippen molar-refractivity contribution in [2.45, 2.75) is 44.1 Å². The zero-order valence-corrected chi connectivity index (χ0v) is 22.7. The van der Waals surface area contributed by atoms with Gasteiger partial charge in [-0.15, -0.1) is 0 Å². The summed E-state index contributed by atoms with van der Waals surface area (Å²) in [5.41, 5.74) is -0.648. The van der Waals surface area contributed by atoms with Gasteiger partial charge < -0.3 is 9.88 Å². The van der Waals surface area contributed by atoms with Gasteiger partial charge in [0.15, 0.2) is 0 Å². The fourth-order valence-corrected chi connectivity index (χ4v) is 5.57. The highest BCUT2D eigenvalue weighted by atomic mass is 19.4. The number of fused-ring (bicyclic) bond motifs is 1. The first-order valence-electron chi connectivity index (χ1n) is 13.8. The number of aromatic amines is 1. The highest BCUT2D eigenvalue weighted by Crippen LogP contribution is 2.37. The molecule has 5 nitrogen and oxygen atoms in total. The molecule has 222 valence electrons. The van der Waals surface area contributed by atoms with Crippen LogP contribution in [0.2, 0.25) is 0 Å². The molecule has 0 radical (unpaired) electrons. The van der Waals surface area contributed by atoms with Crippen LogP contribution in [0.3, 0.4) is 0 Å². The van der Waals surface area contributed by atoms with Gasteiger partial charge in [0.2, 0.25) is 0 Å². The summed E-state index contributed by atoms with van der Waals surface area (Å²) in [6.07, 6.45) is -1.57. The van der Waals surface area contributed by atoms with E-state index < -0.39 is 41.0 Å². The van der Waals surface area contributed by atoms with E-state index in [1.807, 2.05) is 48.8 Å². The Bertz CT molecular complexity index is 1480. The molecule has 11 heteroatoms. The van der Waals surface area contributed by atoms with E-state index in [1.54, 1.807) is 6.20 Å². The highest BCUT2D eigenvalue weighted by Gasteiger charge is 2.39. The van der Waals surface area contributed by atoms with E-state index in [1.165, 1.54) is 4.90 Å². The Morgan fingerprint density at radius 3 is 2.36 bits per heavy atom. The molecular formula is C31H30F6N4O. The molecule has 2 aromatic carbocycles. The summed E-state index contributed by atoms with van der Waals surface area (Å²) in [7, 11) is 0. The number of piperazine rings is 1. The second-order valence-electron chi connectivity index (χ2n) is 10.6. The molecule has 1 aliphatic heterocycles. The zero-order chi connectivity index (χ0) is 29.9. The number of nitrogens with one attached hydrogen (secondary N) is 1. The number of amides is 1. The molecule has 0 unspecified atom stereocenters. The second-order valence-corrected chi connectivity index (χ2v) is 10.6. The van der Waals surface area contributed by atoms with Gasteiger partial charge in [0.05, 0.1) is 11.1 Å². The molecule has 1 saturated heterocycles. The molecule has 1 aliphatic rings. The number of alkyl halides is 6. The SMILES string of the molecule is O=C(c1cc(C(F)(F)F)cc(C(F)(F)F)c1)N1CCN(CCCCc2cccnc2)C[C@H]1Cc1c[nH]c2ccccc12. The smallest absolute Gasteiger partial charge is 0.361 e. The molecule has 0 saturated carbocycles. The van der Waals surface area contributed by atoms with Crippen LogP contribution in [0.25, 0.3) is 10.9 Å². The fraction of sp³-hybridized carbons (Fsp3) is 0.355. The molecule has 1 atom stereocenters. The number of H-pyrrole nitrogens is 1. The van der Waals surface area contributed by atoms with Gasteiger partial charge in [-0.25, -0.2) is 0 Å². The summed E-state index contributed by atoms with van der Waals surface area (Å²) in [6, 6.07) is 12.2. The van der Waals surface area contributed by atoms with Crippen molar-refractivity contribution in [2.24, 2.45) is 0 Å². The number of hydrogen-bond donors (Lipinski definition) is 1. The van der Waals surface area contributed by atoms with Crippen LogP contribution in [0.4, 0.5) is 26.3 Å². The summed E-state index contributed by atoms with van der Waals surface area (Å²) in [4.78, 5) is 24.6. The Labute approximate surface area is 239 Å². The number of benzene rings is 2. The summed E-state index contributed by atoms with van der Waals surface area (Å²) >= 11 is 0. The molecule has 2 aromatic heterocycles. The minimum absolute atomic E-state index is 0.0453. The van der Waals surface area contributed by atoms with Gasteiger partial charge in [-0.3, -0.25) is 14.7 Å². The topological polar surface area (TPSA) is 52.2 Å². The molecule has 0 aliphatic carbocycles. The quantitative estimate of drug-likeness (QED) is 0.178. The van der Waals surface area contributed by atoms with E-state index in [9.17, 15) is 31.1 Å². The number of aromatic nitrogens is 2. The molecule has 42 heavy (non-hydrogen) atoms. The number of nitrogens with zero attached hydrogens (tertiary/aromatic N) is 3. The maximum Gasteiger partial charge on any atom is 0.416 e. The standard InChI is InChI=1S/C31H30F6N4O/c32-30(33,34)24-14-22(15-25(17-24)31(35,36)37)29(42)41-13-12-40(11-4-3-6-21-7-5-10-38-18-21)20-26(41)16-23-19-39-28-9-2-1-8-27(23)28/h1-2,5,7-10,14-15,17-19,26,39H,3-4,6,11-13,16,20H2/t26-/m1/s1. The van der Waals surface area contributed by atoms with E-state index in [0.717, 1.165) is 47.8 Å². The van der Waals surface area contributed by atoms with Gasteiger partial charge in [-0.1, -0.05) is 24.3 Å². The summed E-state index contributed by atoms with van der Waals surface area (Å²) < 4.78 is 81.1. The Morgan fingerprint density at radius 1 is 0.929 bits per heavy atom. The lowest BCUT2D eigenvalue weighted by molar-refractivity contribution is -0.143. The number of rotatable bonds is 8. The first-order chi connectivity index (χ1) is 20.0. The van der Waals surface area contributed by atoms with Crippen LogP contribution < -0.4 is 0 Å². The predicted molar refractivity (Wildman–Crippen MR) is 147 cm³/mol. The molecule has 0 bridgehead atoms. The fourth-order valence-electron chi connectivity index (χ4n) is 5.57. The molecule has 0 spiro atoms. The molecule has 1 fully saturated rings. The Morgan fingerprint density at radius 2 is 1.67 bits per heavy atom. The van der Waals surface area contributed by atoms with Gasteiger partial charge >= 0.3 is 12.4 Å². The monoisotopic (exact) mass is 588 g/mol. The lowest BCUT2D eigenvalue weighted by Gasteiger charge is -2.42. The first kappa shape index (κ1) is 29.6. The average molecular weight is 589 g/mol. The van der Waals surface area contributed by atoms with Gasteiger partial charge in [0.1, 0.15) is 0 Å². The zero-order valence-electron chi connectivity index (χ0n) is 22.7. The number of aryl methyl sites for hydroxylation is 1.